The van der Waals surface area contributed by atoms with Crippen LogP contribution in [-0.4, -0.2) is 16.1 Å². The van der Waals surface area contributed by atoms with Gasteiger partial charge in [-0.05, 0) is 6.42 Å². The number of nitrogens with two attached hydrogens (primary N) is 1. The zero-order chi connectivity index (χ0) is 9.68. The number of hydrogen-bond donors (Lipinski definition) is 3. The first-order chi connectivity index (χ1) is 6.24. The van der Waals surface area contributed by atoms with Crippen LogP contribution in [0, 0.1) is 0 Å². The SMILES string of the molecule is CCCC(=O)NCc1cn[nH]c1N. The lowest BCUT2D eigenvalue weighted by molar-refractivity contribution is -0.121. The Balaban J connectivity index is 2.35. The van der Waals surface area contributed by atoms with Crippen LogP contribution in [0.2, 0.25) is 0 Å². The number of rotatable bonds is 4. The van der Waals surface area contributed by atoms with Gasteiger partial charge in [0, 0.05) is 18.5 Å². The van der Waals surface area contributed by atoms with Crippen molar-refractivity contribution in [2.45, 2.75) is 26.3 Å². The van der Waals surface area contributed by atoms with Gasteiger partial charge in [0.05, 0.1) is 6.20 Å². The molecule has 5 heteroatoms. The van der Waals surface area contributed by atoms with E-state index >= 15 is 0 Å². The van der Waals surface area contributed by atoms with Gasteiger partial charge in [-0.3, -0.25) is 9.89 Å². The molecule has 0 aliphatic heterocycles. The van der Waals surface area contributed by atoms with Crippen LogP contribution in [0.3, 0.4) is 0 Å². The Morgan fingerprint density at radius 3 is 3.08 bits per heavy atom. The second-order valence-electron chi connectivity index (χ2n) is 2.84. The third-order valence-electron chi connectivity index (χ3n) is 1.70. The molecular weight excluding hydrogens is 168 g/mol. The van der Waals surface area contributed by atoms with E-state index in [4.69, 9.17) is 5.73 Å². The van der Waals surface area contributed by atoms with Crippen molar-refractivity contribution in [3.63, 3.8) is 0 Å². The molecule has 0 aliphatic carbocycles. The van der Waals surface area contributed by atoms with Crippen LogP contribution >= 0.6 is 0 Å². The van der Waals surface area contributed by atoms with E-state index in [2.05, 4.69) is 15.5 Å². The van der Waals surface area contributed by atoms with Crippen molar-refractivity contribution < 1.29 is 4.79 Å². The summed E-state index contributed by atoms with van der Waals surface area (Å²) in [4.78, 5) is 11.1. The van der Waals surface area contributed by atoms with Crippen LogP contribution in [-0.2, 0) is 11.3 Å². The summed E-state index contributed by atoms with van der Waals surface area (Å²) in [5.41, 5.74) is 6.35. The molecule has 0 aromatic carbocycles. The Kier molecular flexibility index (Phi) is 3.31. The molecule has 0 spiro atoms. The van der Waals surface area contributed by atoms with Crippen molar-refractivity contribution in [1.29, 1.82) is 0 Å². The van der Waals surface area contributed by atoms with Gasteiger partial charge in [0.15, 0.2) is 0 Å². The number of aromatic amines is 1. The summed E-state index contributed by atoms with van der Waals surface area (Å²) >= 11 is 0. The molecule has 0 unspecified atom stereocenters. The molecule has 0 fully saturated rings. The average molecular weight is 182 g/mol. The number of anilines is 1. The monoisotopic (exact) mass is 182 g/mol. The van der Waals surface area contributed by atoms with Gasteiger partial charge in [-0.25, -0.2) is 0 Å². The first-order valence-electron chi connectivity index (χ1n) is 4.28. The molecule has 0 atom stereocenters. The van der Waals surface area contributed by atoms with E-state index in [1.807, 2.05) is 6.92 Å². The number of nitrogens with one attached hydrogen (secondary N) is 2. The van der Waals surface area contributed by atoms with Gasteiger partial charge in [0.1, 0.15) is 5.82 Å². The molecule has 0 aliphatic rings. The molecule has 4 N–H and O–H groups in total. The number of carbonyl (C=O) groups excluding carboxylic acids is 1. The molecular formula is C8H14N4O. The average Bonchev–Trinajstić information content (AvgIpc) is 2.48. The fourth-order valence-corrected chi connectivity index (χ4v) is 0.971. The maximum atomic E-state index is 11.1. The predicted molar refractivity (Wildman–Crippen MR) is 49.8 cm³/mol. The van der Waals surface area contributed by atoms with Gasteiger partial charge in [-0.2, -0.15) is 5.10 Å². The fourth-order valence-electron chi connectivity index (χ4n) is 0.971. The standard InChI is InChI=1S/C8H14N4O/c1-2-3-7(13)10-4-6-5-11-12-8(6)9/h5H,2-4H2,1H3,(H,10,13)(H3,9,11,12). The van der Waals surface area contributed by atoms with Crippen LogP contribution in [0.4, 0.5) is 5.82 Å². The zero-order valence-electron chi connectivity index (χ0n) is 7.63. The lowest BCUT2D eigenvalue weighted by atomic mass is 10.3. The molecule has 0 saturated carbocycles. The summed E-state index contributed by atoms with van der Waals surface area (Å²) in [5.74, 6) is 0.555. The van der Waals surface area contributed by atoms with Crippen molar-refractivity contribution in [3.8, 4) is 0 Å². The van der Waals surface area contributed by atoms with Crippen molar-refractivity contribution in [1.82, 2.24) is 15.5 Å². The van der Waals surface area contributed by atoms with Crippen molar-refractivity contribution in [2.75, 3.05) is 5.73 Å². The highest BCUT2D eigenvalue weighted by molar-refractivity contribution is 5.75. The van der Waals surface area contributed by atoms with Gasteiger partial charge < -0.3 is 11.1 Å². The molecule has 1 amide bonds. The lowest BCUT2D eigenvalue weighted by Gasteiger charge is -2.02. The van der Waals surface area contributed by atoms with Crippen LogP contribution in [0.1, 0.15) is 25.3 Å². The third kappa shape index (κ3) is 2.77. The molecule has 0 saturated heterocycles. The highest BCUT2D eigenvalue weighted by Gasteiger charge is 2.03. The van der Waals surface area contributed by atoms with E-state index in [1.54, 1.807) is 6.20 Å². The summed E-state index contributed by atoms with van der Waals surface area (Å²) in [6, 6.07) is 0. The maximum absolute atomic E-state index is 11.1. The quantitative estimate of drug-likeness (QED) is 0.630. The summed E-state index contributed by atoms with van der Waals surface area (Å²) < 4.78 is 0. The number of nitrogens with zero attached hydrogens (tertiary/aromatic N) is 1. The van der Waals surface area contributed by atoms with E-state index in [0.29, 0.717) is 18.8 Å². The first kappa shape index (κ1) is 9.57. The smallest absolute Gasteiger partial charge is 0.220 e. The molecule has 1 aromatic rings. The normalized spacial score (nSPS) is 9.92. The summed E-state index contributed by atoms with van der Waals surface area (Å²) in [6.07, 6.45) is 3.02. The number of aromatic nitrogens is 2. The van der Waals surface area contributed by atoms with Crippen molar-refractivity contribution >= 4 is 11.7 Å². The molecule has 72 valence electrons. The van der Waals surface area contributed by atoms with Gasteiger partial charge in [0.2, 0.25) is 5.91 Å². The molecule has 0 radical (unpaired) electrons. The minimum atomic E-state index is 0.0445. The second kappa shape index (κ2) is 4.49. The first-order valence-corrected chi connectivity index (χ1v) is 4.28. The van der Waals surface area contributed by atoms with Crippen LogP contribution < -0.4 is 11.1 Å². The van der Waals surface area contributed by atoms with Crippen LogP contribution in [0.25, 0.3) is 0 Å². The van der Waals surface area contributed by atoms with Crippen LogP contribution in [0.5, 0.6) is 0 Å². The molecule has 1 heterocycles. The summed E-state index contributed by atoms with van der Waals surface area (Å²) in [7, 11) is 0. The van der Waals surface area contributed by atoms with E-state index < -0.39 is 0 Å². The van der Waals surface area contributed by atoms with Crippen molar-refractivity contribution in [3.05, 3.63) is 11.8 Å². The number of carbonyl (C=O) groups is 1. The number of amides is 1. The molecule has 1 rings (SSSR count). The van der Waals surface area contributed by atoms with E-state index in [-0.39, 0.29) is 5.91 Å². The zero-order valence-corrected chi connectivity index (χ0v) is 7.63. The Labute approximate surface area is 76.7 Å². The highest BCUT2D eigenvalue weighted by atomic mass is 16.1. The van der Waals surface area contributed by atoms with Gasteiger partial charge in [-0.1, -0.05) is 6.92 Å². The predicted octanol–water partition coefficient (Wildman–Crippen LogP) is 0.408. The minimum absolute atomic E-state index is 0.0445. The summed E-state index contributed by atoms with van der Waals surface area (Å²) in [5, 5.41) is 9.09. The largest absolute Gasteiger partial charge is 0.384 e. The Morgan fingerprint density at radius 2 is 2.54 bits per heavy atom. The fraction of sp³-hybridized carbons (Fsp3) is 0.500. The molecule has 0 bridgehead atoms. The molecule has 13 heavy (non-hydrogen) atoms. The third-order valence-corrected chi connectivity index (χ3v) is 1.70. The number of hydrogen-bond acceptors (Lipinski definition) is 3. The highest BCUT2D eigenvalue weighted by Crippen LogP contribution is 2.04. The topological polar surface area (TPSA) is 83.8 Å². The Bertz CT molecular complexity index is 281. The summed E-state index contributed by atoms with van der Waals surface area (Å²) in [6.45, 7) is 2.41. The Hall–Kier alpha value is -1.52. The van der Waals surface area contributed by atoms with E-state index in [0.717, 1.165) is 12.0 Å². The lowest BCUT2D eigenvalue weighted by Crippen LogP contribution is -2.22. The van der Waals surface area contributed by atoms with E-state index in [1.165, 1.54) is 0 Å². The number of H-pyrrole nitrogens is 1. The molecule has 5 nitrogen and oxygen atoms in total. The molecule has 1 aromatic heterocycles. The van der Waals surface area contributed by atoms with Crippen LogP contribution in [0.15, 0.2) is 6.20 Å². The van der Waals surface area contributed by atoms with Gasteiger partial charge >= 0.3 is 0 Å². The Morgan fingerprint density at radius 1 is 1.77 bits per heavy atom. The van der Waals surface area contributed by atoms with Crippen molar-refractivity contribution in [2.24, 2.45) is 0 Å². The van der Waals surface area contributed by atoms with Gasteiger partial charge in [-0.15, -0.1) is 0 Å². The second-order valence-corrected chi connectivity index (χ2v) is 2.84. The van der Waals surface area contributed by atoms with E-state index in [9.17, 15) is 4.79 Å². The van der Waals surface area contributed by atoms with Gasteiger partial charge in [0.25, 0.3) is 0 Å². The number of nitrogen functional groups attached to an aromatic ring is 1. The minimum Gasteiger partial charge on any atom is -0.384 e. The maximum Gasteiger partial charge on any atom is 0.220 e.